The van der Waals surface area contributed by atoms with Crippen LogP contribution in [0.15, 0.2) is 60.8 Å². The van der Waals surface area contributed by atoms with Gasteiger partial charge in [0, 0.05) is 75.3 Å². The number of hydrogen-bond donors (Lipinski definition) is 0. The van der Waals surface area contributed by atoms with Crippen LogP contribution < -0.4 is 9.80 Å². The summed E-state index contributed by atoms with van der Waals surface area (Å²) in [5.74, 6) is 0. The molecular formula is C30H41N5. The molecule has 0 spiro atoms. The molecule has 0 radical (unpaired) electrons. The predicted octanol–water partition coefficient (Wildman–Crippen LogP) is 5.05. The lowest BCUT2D eigenvalue weighted by atomic mass is 10.1. The zero-order valence-electron chi connectivity index (χ0n) is 21.4. The minimum absolute atomic E-state index is 1.10. The van der Waals surface area contributed by atoms with Gasteiger partial charge in [0.15, 0.2) is 0 Å². The Morgan fingerprint density at radius 3 is 2.00 bits per heavy atom. The number of unbranched alkanes of at least 4 members (excludes halogenated alkanes) is 3. The van der Waals surface area contributed by atoms with Crippen LogP contribution in [0.25, 0.3) is 10.9 Å². The number of piperazine rings is 2. The molecule has 2 aromatic carbocycles. The first-order valence-corrected chi connectivity index (χ1v) is 13.6. The lowest BCUT2D eigenvalue weighted by Crippen LogP contribution is -2.46. The van der Waals surface area contributed by atoms with Crippen LogP contribution >= 0.6 is 0 Å². The number of aryl methyl sites for hydroxylation is 1. The number of benzene rings is 2. The fourth-order valence-corrected chi connectivity index (χ4v) is 5.65. The molecule has 5 rings (SSSR count). The lowest BCUT2D eigenvalue weighted by Gasteiger charge is -2.36. The molecule has 0 atom stereocenters. The second-order valence-corrected chi connectivity index (χ2v) is 10.3. The standard InChI is InChI=1S/C30H41N5/c1-26-9-8-10-27(25-26)34-21-17-32(18-22-34)15-6-2-3-7-16-33-19-23-35(24-20-33)30-13-14-31-29-12-5-4-11-28(29)30/h4-5,8-14,25H,2-3,6-7,15-24H2,1H3. The average molecular weight is 472 g/mol. The highest BCUT2D eigenvalue weighted by molar-refractivity contribution is 5.91. The smallest absolute Gasteiger partial charge is 0.0722 e. The van der Waals surface area contributed by atoms with Gasteiger partial charge in [0.25, 0.3) is 0 Å². The molecule has 5 nitrogen and oxygen atoms in total. The normalized spacial score (nSPS) is 17.9. The van der Waals surface area contributed by atoms with Gasteiger partial charge in [-0.3, -0.25) is 14.8 Å². The van der Waals surface area contributed by atoms with E-state index in [1.165, 1.54) is 87.3 Å². The minimum atomic E-state index is 1.10. The summed E-state index contributed by atoms with van der Waals surface area (Å²) in [6.45, 7) is 14.0. The van der Waals surface area contributed by atoms with Crippen molar-refractivity contribution in [3.8, 4) is 0 Å². The third-order valence-corrected chi connectivity index (χ3v) is 7.78. The second kappa shape index (κ2) is 11.9. The van der Waals surface area contributed by atoms with Gasteiger partial charge in [-0.2, -0.15) is 0 Å². The van der Waals surface area contributed by atoms with E-state index in [-0.39, 0.29) is 0 Å². The zero-order valence-corrected chi connectivity index (χ0v) is 21.4. The Balaban J connectivity index is 0.944. The average Bonchev–Trinajstić information content (AvgIpc) is 2.91. The number of para-hydroxylation sites is 1. The molecular weight excluding hydrogens is 430 g/mol. The SMILES string of the molecule is Cc1cccc(N2CCN(CCCCCCN3CCN(c4ccnc5ccccc45)CC3)CC2)c1. The van der Waals surface area contributed by atoms with Crippen LogP contribution in [0.3, 0.4) is 0 Å². The highest BCUT2D eigenvalue weighted by Crippen LogP contribution is 2.26. The Hall–Kier alpha value is -2.63. The third-order valence-electron chi connectivity index (χ3n) is 7.78. The molecule has 35 heavy (non-hydrogen) atoms. The molecule has 0 amide bonds. The number of nitrogens with zero attached hydrogens (tertiary/aromatic N) is 5. The third kappa shape index (κ3) is 6.33. The maximum Gasteiger partial charge on any atom is 0.0722 e. The van der Waals surface area contributed by atoms with E-state index in [0.29, 0.717) is 0 Å². The Bertz CT molecular complexity index is 1060. The zero-order chi connectivity index (χ0) is 23.9. The van der Waals surface area contributed by atoms with E-state index in [0.717, 1.165) is 31.7 Å². The summed E-state index contributed by atoms with van der Waals surface area (Å²) in [5, 5.41) is 1.28. The van der Waals surface area contributed by atoms with Crippen LogP contribution in [0.4, 0.5) is 11.4 Å². The Kier molecular flexibility index (Phi) is 8.17. The molecule has 2 fully saturated rings. The first-order valence-electron chi connectivity index (χ1n) is 13.6. The molecule has 0 aliphatic carbocycles. The van der Waals surface area contributed by atoms with Crippen molar-refractivity contribution in [3.63, 3.8) is 0 Å². The molecule has 5 heteroatoms. The highest BCUT2D eigenvalue weighted by Gasteiger charge is 2.19. The maximum atomic E-state index is 4.52. The number of hydrogen-bond acceptors (Lipinski definition) is 5. The van der Waals surface area contributed by atoms with E-state index in [2.05, 4.69) is 86.1 Å². The second-order valence-electron chi connectivity index (χ2n) is 10.3. The van der Waals surface area contributed by atoms with E-state index in [1.807, 2.05) is 6.20 Å². The molecule has 2 aliphatic heterocycles. The van der Waals surface area contributed by atoms with E-state index in [1.54, 1.807) is 0 Å². The largest absolute Gasteiger partial charge is 0.369 e. The van der Waals surface area contributed by atoms with Gasteiger partial charge < -0.3 is 9.80 Å². The summed E-state index contributed by atoms with van der Waals surface area (Å²) >= 11 is 0. The topological polar surface area (TPSA) is 25.9 Å². The molecule has 2 aliphatic rings. The van der Waals surface area contributed by atoms with Crippen LogP contribution in [-0.2, 0) is 0 Å². The van der Waals surface area contributed by atoms with Crippen molar-refractivity contribution >= 4 is 22.3 Å². The summed E-state index contributed by atoms with van der Waals surface area (Å²) in [7, 11) is 0. The molecule has 2 saturated heterocycles. The van der Waals surface area contributed by atoms with Gasteiger partial charge in [0.1, 0.15) is 0 Å². The van der Waals surface area contributed by atoms with Crippen LogP contribution in [0, 0.1) is 6.92 Å². The van der Waals surface area contributed by atoms with Gasteiger partial charge in [-0.25, -0.2) is 0 Å². The van der Waals surface area contributed by atoms with Gasteiger partial charge in [0.2, 0.25) is 0 Å². The number of pyridine rings is 1. The Morgan fingerprint density at radius 2 is 1.31 bits per heavy atom. The highest BCUT2D eigenvalue weighted by atomic mass is 15.3. The number of rotatable bonds is 9. The van der Waals surface area contributed by atoms with Gasteiger partial charge in [-0.15, -0.1) is 0 Å². The van der Waals surface area contributed by atoms with Crippen molar-refractivity contribution in [2.24, 2.45) is 0 Å². The van der Waals surface area contributed by atoms with Gasteiger partial charge >= 0.3 is 0 Å². The van der Waals surface area contributed by atoms with Crippen LogP contribution in [-0.4, -0.2) is 80.2 Å². The fourth-order valence-electron chi connectivity index (χ4n) is 5.65. The number of fused-ring (bicyclic) bond motifs is 1. The molecule has 0 N–H and O–H groups in total. The van der Waals surface area contributed by atoms with Gasteiger partial charge in [-0.05, 0) is 62.7 Å². The van der Waals surface area contributed by atoms with Crippen LogP contribution in [0.1, 0.15) is 31.2 Å². The quantitative estimate of drug-likeness (QED) is 0.407. The van der Waals surface area contributed by atoms with E-state index >= 15 is 0 Å². The molecule has 0 saturated carbocycles. The molecule has 0 unspecified atom stereocenters. The van der Waals surface area contributed by atoms with E-state index in [4.69, 9.17) is 0 Å². The first kappa shape index (κ1) is 24.1. The van der Waals surface area contributed by atoms with E-state index in [9.17, 15) is 0 Å². The van der Waals surface area contributed by atoms with Gasteiger partial charge in [0.05, 0.1) is 5.52 Å². The molecule has 186 valence electrons. The summed E-state index contributed by atoms with van der Waals surface area (Å²) in [6, 6.07) is 19.6. The Labute approximate surface area is 211 Å². The van der Waals surface area contributed by atoms with Crippen molar-refractivity contribution in [2.75, 3.05) is 75.2 Å². The maximum absolute atomic E-state index is 4.52. The van der Waals surface area contributed by atoms with Gasteiger partial charge in [-0.1, -0.05) is 43.2 Å². The lowest BCUT2D eigenvalue weighted by molar-refractivity contribution is 0.242. The van der Waals surface area contributed by atoms with Crippen molar-refractivity contribution in [2.45, 2.75) is 32.6 Å². The van der Waals surface area contributed by atoms with Crippen molar-refractivity contribution < 1.29 is 0 Å². The minimum Gasteiger partial charge on any atom is -0.369 e. The van der Waals surface area contributed by atoms with Crippen molar-refractivity contribution in [3.05, 3.63) is 66.4 Å². The summed E-state index contributed by atoms with van der Waals surface area (Å²) in [4.78, 5) is 14.9. The van der Waals surface area contributed by atoms with E-state index < -0.39 is 0 Å². The molecule has 3 aromatic rings. The van der Waals surface area contributed by atoms with Crippen LogP contribution in [0.2, 0.25) is 0 Å². The number of aromatic nitrogens is 1. The van der Waals surface area contributed by atoms with Crippen molar-refractivity contribution in [1.82, 2.24) is 14.8 Å². The molecule has 1 aromatic heterocycles. The summed E-state index contributed by atoms with van der Waals surface area (Å²) in [6.07, 6.45) is 7.35. The fraction of sp³-hybridized carbons (Fsp3) is 0.500. The molecule has 0 bridgehead atoms. The number of anilines is 2. The summed E-state index contributed by atoms with van der Waals surface area (Å²) < 4.78 is 0. The summed E-state index contributed by atoms with van der Waals surface area (Å²) in [5.41, 5.74) is 5.18. The van der Waals surface area contributed by atoms with Crippen molar-refractivity contribution in [1.29, 1.82) is 0 Å². The predicted molar refractivity (Wildman–Crippen MR) is 149 cm³/mol. The molecule has 3 heterocycles. The van der Waals surface area contributed by atoms with Crippen LogP contribution in [0.5, 0.6) is 0 Å². The Morgan fingerprint density at radius 1 is 0.657 bits per heavy atom. The first-order chi connectivity index (χ1) is 17.3. The monoisotopic (exact) mass is 471 g/mol.